The zero-order chi connectivity index (χ0) is 19.6. The summed E-state index contributed by atoms with van der Waals surface area (Å²) in [6.07, 6.45) is 4.10. The van der Waals surface area contributed by atoms with E-state index in [9.17, 15) is 4.79 Å². The van der Waals surface area contributed by atoms with Gasteiger partial charge in [-0.1, -0.05) is 27.7 Å². The molecule has 3 N–H and O–H groups in total. The van der Waals surface area contributed by atoms with Crippen LogP contribution in [-0.2, 0) is 12.8 Å². The van der Waals surface area contributed by atoms with Gasteiger partial charge in [-0.3, -0.25) is 10.1 Å². The van der Waals surface area contributed by atoms with Crippen LogP contribution in [0.1, 0.15) is 61.5 Å². The quantitative estimate of drug-likeness (QED) is 0.714. The highest BCUT2D eigenvalue weighted by atomic mass is 32.1. The first-order valence-corrected chi connectivity index (χ1v) is 10.4. The van der Waals surface area contributed by atoms with Crippen LogP contribution in [0.15, 0.2) is 18.2 Å². The zero-order valence-electron chi connectivity index (χ0n) is 16.6. The molecule has 0 radical (unpaired) electrons. The van der Waals surface area contributed by atoms with E-state index in [-0.39, 0.29) is 5.91 Å². The van der Waals surface area contributed by atoms with Crippen LogP contribution in [0.4, 0.5) is 10.8 Å². The number of hydrogen-bond acceptors (Lipinski definition) is 5. The number of aryl methyl sites for hydroxylation is 1. The van der Waals surface area contributed by atoms with E-state index in [1.54, 1.807) is 29.5 Å². The van der Waals surface area contributed by atoms with Crippen LogP contribution in [0.25, 0.3) is 0 Å². The molecule has 1 aromatic heterocycles. The average Bonchev–Trinajstić information content (AvgIpc) is 3.01. The second-order valence-corrected chi connectivity index (χ2v) is 9.33. The molecule has 1 heterocycles. The second kappa shape index (κ2) is 7.89. The SMILES string of the molecule is CCCOc1ccc(C(=O)Nc2nc3c(s2)CC(C(C)(C)C)CC3)cc1N. The van der Waals surface area contributed by atoms with Crippen molar-refractivity contribution in [3.63, 3.8) is 0 Å². The van der Waals surface area contributed by atoms with E-state index in [4.69, 9.17) is 10.5 Å². The fourth-order valence-corrected chi connectivity index (χ4v) is 4.45. The third kappa shape index (κ3) is 4.61. The van der Waals surface area contributed by atoms with E-state index in [0.717, 1.165) is 31.4 Å². The first-order valence-electron chi connectivity index (χ1n) is 9.60. The molecule has 0 bridgehead atoms. The molecule has 1 aliphatic carbocycles. The van der Waals surface area contributed by atoms with Crippen molar-refractivity contribution in [2.75, 3.05) is 17.7 Å². The number of nitrogens with one attached hydrogen (secondary N) is 1. The standard InChI is InChI=1S/C21H29N3O2S/c1-5-10-26-17-9-6-13(11-15(17)22)19(25)24-20-23-16-8-7-14(21(2,3)4)12-18(16)27-20/h6,9,11,14H,5,7-8,10,12,22H2,1-4H3,(H,23,24,25). The Morgan fingerprint density at radius 1 is 1.41 bits per heavy atom. The Morgan fingerprint density at radius 2 is 2.19 bits per heavy atom. The number of aromatic nitrogens is 1. The van der Waals surface area contributed by atoms with Crippen LogP contribution in [0.3, 0.4) is 0 Å². The molecule has 5 nitrogen and oxygen atoms in total. The number of amides is 1. The van der Waals surface area contributed by atoms with Crippen molar-refractivity contribution >= 4 is 28.1 Å². The summed E-state index contributed by atoms with van der Waals surface area (Å²) in [5.41, 5.74) is 8.43. The van der Waals surface area contributed by atoms with Crippen molar-refractivity contribution in [2.24, 2.45) is 11.3 Å². The number of anilines is 2. The molecule has 1 amide bonds. The van der Waals surface area contributed by atoms with Crippen LogP contribution >= 0.6 is 11.3 Å². The number of carbonyl (C=O) groups excluding carboxylic acids is 1. The highest BCUT2D eigenvalue weighted by Gasteiger charge is 2.30. The number of nitrogen functional groups attached to an aromatic ring is 1. The normalized spacial score (nSPS) is 16.7. The van der Waals surface area contributed by atoms with Gasteiger partial charge in [-0.15, -0.1) is 11.3 Å². The summed E-state index contributed by atoms with van der Waals surface area (Å²) < 4.78 is 5.56. The Kier molecular flexibility index (Phi) is 5.75. The average molecular weight is 388 g/mol. The largest absolute Gasteiger partial charge is 0.491 e. The number of fused-ring (bicyclic) bond motifs is 1. The van der Waals surface area contributed by atoms with Crippen LogP contribution < -0.4 is 15.8 Å². The second-order valence-electron chi connectivity index (χ2n) is 8.25. The number of carbonyl (C=O) groups is 1. The third-order valence-corrected chi connectivity index (χ3v) is 6.15. The van der Waals surface area contributed by atoms with E-state index in [2.05, 4.69) is 31.1 Å². The topological polar surface area (TPSA) is 77.2 Å². The monoisotopic (exact) mass is 387 g/mol. The fourth-order valence-electron chi connectivity index (χ4n) is 3.37. The Balaban J connectivity index is 1.69. The lowest BCUT2D eigenvalue weighted by atomic mass is 9.73. The molecular formula is C21H29N3O2S. The summed E-state index contributed by atoms with van der Waals surface area (Å²) in [5.74, 6) is 1.08. The number of thiazole rings is 1. The summed E-state index contributed by atoms with van der Waals surface area (Å²) >= 11 is 1.60. The van der Waals surface area contributed by atoms with Crippen LogP contribution in [0.5, 0.6) is 5.75 Å². The summed E-state index contributed by atoms with van der Waals surface area (Å²) in [7, 11) is 0. The number of nitrogens with two attached hydrogens (primary N) is 1. The lowest BCUT2D eigenvalue weighted by Crippen LogP contribution is -2.26. The lowest BCUT2D eigenvalue weighted by molar-refractivity contribution is 0.102. The minimum absolute atomic E-state index is 0.192. The van der Waals surface area contributed by atoms with Crippen molar-refractivity contribution in [2.45, 2.75) is 53.4 Å². The molecule has 1 aromatic carbocycles. The van der Waals surface area contributed by atoms with Gasteiger partial charge >= 0.3 is 0 Å². The summed E-state index contributed by atoms with van der Waals surface area (Å²) in [5, 5.41) is 3.60. The first kappa shape index (κ1) is 19.7. The fraction of sp³-hybridized carbons (Fsp3) is 0.524. The minimum atomic E-state index is -0.192. The number of hydrogen-bond donors (Lipinski definition) is 2. The molecule has 2 aromatic rings. The molecule has 1 unspecified atom stereocenters. The van der Waals surface area contributed by atoms with Crippen molar-refractivity contribution in [1.82, 2.24) is 4.98 Å². The highest BCUT2D eigenvalue weighted by Crippen LogP contribution is 2.40. The first-order chi connectivity index (χ1) is 12.8. The van der Waals surface area contributed by atoms with E-state index >= 15 is 0 Å². The zero-order valence-corrected chi connectivity index (χ0v) is 17.4. The van der Waals surface area contributed by atoms with Gasteiger partial charge in [-0.2, -0.15) is 0 Å². The minimum Gasteiger partial charge on any atom is -0.491 e. The summed E-state index contributed by atoms with van der Waals surface area (Å²) in [6, 6.07) is 5.14. The maximum absolute atomic E-state index is 12.6. The molecule has 1 aliphatic rings. The predicted octanol–water partition coefficient (Wildman–Crippen LogP) is 4.92. The molecule has 0 saturated heterocycles. The van der Waals surface area contributed by atoms with Crippen molar-refractivity contribution in [3.8, 4) is 5.75 Å². The number of benzene rings is 1. The van der Waals surface area contributed by atoms with Crippen LogP contribution in [0.2, 0.25) is 0 Å². The molecule has 146 valence electrons. The third-order valence-electron chi connectivity index (χ3n) is 5.12. The maximum atomic E-state index is 12.6. The van der Waals surface area contributed by atoms with Gasteiger partial charge in [-0.25, -0.2) is 4.98 Å². The summed E-state index contributed by atoms with van der Waals surface area (Å²) in [6.45, 7) is 9.53. The van der Waals surface area contributed by atoms with E-state index in [0.29, 0.717) is 40.1 Å². The predicted molar refractivity (Wildman–Crippen MR) is 112 cm³/mol. The number of nitrogens with zero attached hydrogens (tertiary/aromatic N) is 1. The maximum Gasteiger partial charge on any atom is 0.257 e. The Hall–Kier alpha value is -2.08. The summed E-state index contributed by atoms with van der Waals surface area (Å²) in [4.78, 5) is 18.5. The van der Waals surface area contributed by atoms with Crippen molar-refractivity contribution < 1.29 is 9.53 Å². The molecule has 27 heavy (non-hydrogen) atoms. The van der Waals surface area contributed by atoms with Crippen molar-refractivity contribution in [1.29, 1.82) is 0 Å². The van der Waals surface area contributed by atoms with Crippen LogP contribution in [-0.4, -0.2) is 17.5 Å². The number of ether oxygens (including phenoxy) is 1. The van der Waals surface area contributed by atoms with Crippen LogP contribution in [0, 0.1) is 11.3 Å². The van der Waals surface area contributed by atoms with Gasteiger partial charge < -0.3 is 10.5 Å². The highest BCUT2D eigenvalue weighted by molar-refractivity contribution is 7.15. The Labute approximate surface area is 165 Å². The van der Waals surface area contributed by atoms with Gasteiger partial charge in [0, 0.05) is 10.4 Å². The Bertz CT molecular complexity index is 823. The smallest absolute Gasteiger partial charge is 0.257 e. The molecule has 1 atom stereocenters. The van der Waals surface area contributed by atoms with Gasteiger partial charge in [0.05, 0.1) is 18.0 Å². The van der Waals surface area contributed by atoms with Gasteiger partial charge in [0.15, 0.2) is 5.13 Å². The molecule has 0 fully saturated rings. The molecule has 6 heteroatoms. The van der Waals surface area contributed by atoms with Gasteiger partial charge in [0.25, 0.3) is 5.91 Å². The Morgan fingerprint density at radius 3 is 2.85 bits per heavy atom. The molecule has 0 saturated carbocycles. The molecule has 0 spiro atoms. The molecular weight excluding hydrogens is 358 g/mol. The van der Waals surface area contributed by atoms with E-state index < -0.39 is 0 Å². The number of rotatable bonds is 5. The van der Waals surface area contributed by atoms with Gasteiger partial charge in [0.2, 0.25) is 0 Å². The molecule has 0 aliphatic heterocycles. The van der Waals surface area contributed by atoms with E-state index in [1.807, 2.05) is 6.92 Å². The van der Waals surface area contributed by atoms with Gasteiger partial charge in [-0.05, 0) is 55.2 Å². The van der Waals surface area contributed by atoms with E-state index in [1.165, 1.54) is 4.88 Å². The lowest BCUT2D eigenvalue weighted by Gasteiger charge is -2.33. The van der Waals surface area contributed by atoms with Gasteiger partial charge in [0.1, 0.15) is 5.75 Å². The molecule has 3 rings (SSSR count). The van der Waals surface area contributed by atoms with Crippen molar-refractivity contribution in [3.05, 3.63) is 34.3 Å².